The zero-order valence-electron chi connectivity index (χ0n) is 12.3. The molecule has 2 N–H and O–H groups in total. The van der Waals surface area contributed by atoms with Gasteiger partial charge in [-0.25, -0.2) is 4.79 Å². The van der Waals surface area contributed by atoms with E-state index >= 15 is 0 Å². The number of carbonyl (C=O) groups is 1. The predicted molar refractivity (Wildman–Crippen MR) is 82.1 cm³/mol. The van der Waals surface area contributed by atoms with Crippen molar-refractivity contribution in [1.82, 2.24) is 5.32 Å². The number of amides is 2. The third-order valence-electron chi connectivity index (χ3n) is 2.79. The zero-order chi connectivity index (χ0) is 14.7. The third-order valence-corrected chi connectivity index (χ3v) is 3.46. The van der Waals surface area contributed by atoms with Gasteiger partial charge in [0.2, 0.25) is 0 Å². The van der Waals surface area contributed by atoms with Crippen molar-refractivity contribution in [3.8, 4) is 0 Å². The van der Waals surface area contributed by atoms with Gasteiger partial charge in [-0.15, -0.1) is 11.6 Å². The van der Waals surface area contributed by atoms with E-state index in [-0.39, 0.29) is 11.4 Å². The fourth-order valence-corrected chi connectivity index (χ4v) is 1.62. The molecule has 0 heterocycles. The molecule has 3 nitrogen and oxygen atoms in total. The summed E-state index contributed by atoms with van der Waals surface area (Å²) in [4.78, 5) is 11.8. The normalized spacial score (nSPS) is 12.1. The first-order valence-electron chi connectivity index (χ1n) is 6.40. The second-order valence-electron chi connectivity index (χ2n) is 6.42. The molecule has 0 aliphatic carbocycles. The molecule has 0 aromatic heterocycles. The molecule has 19 heavy (non-hydrogen) atoms. The molecule has 0 spiro atoms. The summed E-state index contributed by atoms with van der Waals surface area (Å²) in [6.45, 7) is 10.2. The number of hydrogen-bond acceptors (Lipinski definition) is 1. The van der Waals surface area contributed by atoms with E-state index in [1.54, 1.807) is 0 Å². The van der Waals surface area contributed by atoms with Gasteiger partial charge < -0.3 is 10.6 Å². The van der Waals surface area contributed by atoms with E-state index < -0.39 is 5.54 Å². The van der Waals surface area contributed by atoms with Gasteiger partial charge in [-0.05, 0) is 37.0 Å². The van der Waals surface area contributed by atoms with Crippen LogP contribution < -0.4 is 10.6 Å². The summed E-state index contributed by atoms with van der Waals surface area (Å²) in [6.07, 6.45) is 0. The summed E-state index contributed by atoms with van der Waals surface area (Å²) < 4.78 is 0. The predicted octanol–water partition coefficient (Wildman–Crippen LogP) is 4.12. The minimum absolute atomic E-state index is 0.113. The number of halogens is 1. The van der Waals surface area contributed by atoms with Crippen LogP contribution in [0, 0.1) is 0 Å². The lowest BCUT2D eigenvalue weighted by Gasteiger charge is -2.23. The Morgan fingerprint density at radius 1 is 1.11 bits per heavy atom. The van der Waals surface area contributed by atoms with Gasteiger partial charge in [0.15, 0.2) is 0 Å². The second kappa shape index (κ2) is 5.83. The van der Waals surface area contributed by atoms with Crippen molar-refractivity contribution in [2.75, 3.05) is 11.2 Å². The van der Waals surface area contributed by atoms with Crippen molar-refractivity contribution in [2.45, 2.75) is 45.6 Å². The lowest BCUT2D eigenvalue weighted by atomic mass is 9.87. The molecule has 1 rings (SSSR count). The van der Waals surface area contributed by atoms with E-state index in [2.05, 4.69) is 31.4 Å². The zero-order valence-corrected chi connectivity index (χ0v) is 13.1. The highest BCUT2D eigenvalue weighted by Gasteiger charge is 2.19. The number of nitrogens with one attached hydrogen (secondary N) is 2. The number of alkyl halides is 1. The van der Waals surface area contributed by atoms with Gasteiger partial charge in [-0.3, -0.25) is 0 Å². The number of rotatable bonds is 3. The van der Waals surface area contributed by atoms with Crippen molar-refractivity contribution >= 4 is 23.3 Å². The molecule has 0 saturated carbocycles. The monoisotopic (exact) mass is 282 g/mol. The smallest absolute Gasteiger partial charge is 0.319 e. The summed E-state index contributed by atoms with van der Waals surface area (Å²) >= 11 is 5.77. The van der Waals surface area contributed by atoms with Crippen LogP contribution in [0.5, 0.6) is 0 Å². The Morgan fingerprint density at radius 2 is 1.63 bits per heavy atom. The van der Waals surface area contributed by atoms with E-state index in [4.69, 9.17) is 11.6 Å². The highest BCUT2D eigenvalue weighted by atomic mass is 35.5. The molecule has 0 aliphatic heterocycles. The molecule has 1 aromatic rings. The quantitative estimate of drug-likeness (QED) is 0.805. The summed E-state index contributed by atoms with van der Waals surface area (Å²) in [5, 5.41) is 5.62. The molecule has 0 bridgehead atoms. The van der Waals surface area contributed by atoms with Crippen LogP contribution in [0.3, 0.4) is 0 Å². The maximum absolute atomic E-state index is 11.8. The number of carbonyl (C=O) groups excluding carboxylic acids is 1. The van der Waals surface area contributed by atoms with Gasteiger partial charge in [0.05, 0.1) is 0 Å². The summed E-state index contributed by atoms with van der Waals surface area (Å²) in [5.41, 5.74) is 1.70. The molecule has 0 unspecified atom stereocenters. The Hall–Kier alpha value is -1.22. The molecule has 0 aliphatic rings. The van der Waals surface area contributed by atoms with E-state index in [0.717, 1.165) is 5.69 Å². The molecule has 0 atom stereocenters. The second-order valence-corrected chi connectivity index (χ2v) is 6.69. The molecule has 1 aromatic carbocycles. The van der Waals surface area contributed by atoms with Gasteiger partial charge in [0.1, 0.15) is 0 Å². The number of hydrogen-bond donors (Lipinski definition) is 2. The van der Waals surface area contributed by atoms with Crippen molar-refractivity contribution in [3.05, 3.63) is 29.8 Å². The van der Waals surface area contributed by atoms with E-state index in [9.17, 15) is 4.79 Å². The first-order chi connectivity index (χ1) is 8.64. The Kier molecular flexibility index (Phi) is 4.86. The highest BCUT2D eigenvalue weighted by molar-refractivity contribution is 6.18. The van der Waals surface area contributed by atoms with Crippen LogP contribution in [0.2, 0.25) is 0 Å². The Balaban J connectivity index is 2.66. The fourth-order valence-electron chi connectivity index (χ4n) is 1.56. The van der Waals surface area contributed by atoms with E-state index in [0.29, 0.717) is 5.88 Å². The standard InChI is InChI=1S/C15H23ClN2O/c1-14(2,3)11-6-8-12(9-7-11)17-13(19)18-15(4,5)10-16/h6-9H,10H2,1-5H3,(H2,17,18,19). The number of anilines is 1. The fraction of sp³-hybridized carbons (Fsp3) is 0.533. The first-order valence-corrected chi connectivity index (χ1v) is 6.93. The lowest BCUT2D eigenvalue weighted by Crippen LogP contribution is -2.46. The van der Waals surface area contributed by atoms with Crippen LogP contribution in [-0.4, -0.2) is 17.5 Å². The van der Waals surface area contributed by atoms with Crippen molar-refractivity contribution in [3.63, 3.8) is 0 Å². The maximum Gasteiger partial charge on any atom is 0.319 e. The van der Waals surface area contributed by atoms with Crippen LogP contribution in [0.25, 0.3) is 0 Å². The largest absolute Gasteiger partial charge is 0.332 e. The molecule has 2 amide bonds. The summed E-state index contributed by atoms with van der Waals surface area (Å²) in [5.74, 6) is 0.364. The SMILES string of the molecule is CC(C)(CCl)NC(=O)Nc1ccc(C(C)(C)C)cc1. The van der Waals surface area contributed by atoms with Gasteiger partial charge in [-0.2, -0.15) is 0 Å². The van der Waals surface area contributed by atoms with Crippen molar-refractivity contribution in [1.29, 1.82) is 0 Å². The summed E-state index contributed by atoms with van der Waals surface area (Å²) in [7, 11) is 0. The molecule has 0 fully saturated rings. The topological polar surface area (TPSA) is 41.1 Å². The van der Waals surface area contributed by atoms with Crippen molar-refractivity contribution < 1.29 is 4.79 Å². The van der Waals surface area contributed by atoms with E-state index in [1.807, 2.05) is 38.1 Å². The minimum atomic E-state index is -0.420. The molecular weight excluding hydrogens is 260 g/mol. The van der Waals surface area contributed by atoms with Gasteiger partial charge in [0, 0.05) is 17.1 Å². The Labute approximate surface area is 120 Å². The van der Waals surface area contributed by atoms with Crippen LogP contribution in [-0.2, 0) is 5.41 Å². The van der Waals surface area contributed by atoms with Crippen LogP contribution in [0.4, 0.5) is 10.5 Å². The number of benzene rings is 1. The average Bonchev–Trinajstić information content (AvgIpc) is 2.27. The Bertz CT molecular complexity index is 432. The Morgan fingerprint density at radius 3 is 2.05 bits per heavy atom. The molecule has 4 heteroatoms. The maximum atomic E-state index is 11.8. The minimum Gasteiger partial charge on any atom is -0.332 e. The highest BCUT2D eigenvalue weighted by Crippen LogP contribution is 2.23. The average molecular weight is 283 g/mol. The first kappa shape index (κ1) is 15.8. The van der Waals surface area contributed by atoms with Gasteiger partial charge in [-0.1, -0.05) is 32.9 Å². The third kappa shape index (κ3) is 5.11. The van der Waals surface area contributed by atoms with Crippen molar-refractivity contribution in [2.24, 2.45) is 0 Å². The van der Waals surface area contributed by atoms with Crippen LogP contribution >= 0.6 is 11.6 Å². The summed E-state index contributed by atoms with van der Waals surface area (Å²) in [6, 6.07) is 7.64. The van der Waals surface area contributed by atoms with Crippen LogP contribution in [0.15, 0.2) is 24.3 Å². The van der Waals surface area contributed by atoms with Crippen LogP contribution in [0.1, 0.15) is 40.2 Å². The molecule has 106 valence electrons. The molecule has 0 saturated heterocycles. The number of urea groups is 1. The van der Waals surface area contributed by atoms with E-state index in [1.165, 1.54) is 5.56 Å². The van der Waals surface area contributed by atoms with Gasteiger partial charge >= 0.3 is 6.03 Å². The molecule has 0 radical (unpaired) electrons. The molecular formula is C15H23ClN2O. The lowest BCUT2D eigenvalue weighted by molar-refractivity contribution is 0.244. The van der Waals surface area contributed by atoms with Gasteiger partial charge in [0.25, 0.3) is 0 Å².